The highest BCUT2D eigenvalue weighted by atomic mass is 16.5. The molecule has 0 amide bonds. The number of para-hydroxylation sites is 1. The predicted molar refractivity (Wildman–Crippen MR) is 51.0 cm³/mol. The van der Waals surface area contributed by atoms with Gasteiger partial charge in [0.15, 0.2) is 0 Å². The van der Waals surface area contributed by atoms with Crippen LogP contribution in [0.25, 0.3) is 0 Å². The molecule has 1 unspecified atom stereocenters. The molecule has 1 heterocycles. The Balaban J connectivity index is 2.40. The summed E-state index contributed by atoms with van der Waals surface area (Å²) in [5.74, 6) is 0.957. The fraction of sp³-hybridized carbons (Fsp3) is 0.455. The molecule has 1 aliphatic rings. The number of rotatable bonds is 1. The van der Waals surface area contributed by atoms with Gasteiger partial charge < -0.3 is 9.84 Å². The second kappa shape index (κ2) is 2.74. The third-order valence-electron chi connectivity index (χ3n) is 2.54. The SMILES string of the molecule is Cc1cccc2c1OC(C)(CO)C2. The monoisotopic (exact) mass is 178 g/mol. The van der Waals surface area contributed by atoms with E-state index in [-0.39, 0.29) is 6.61 Å². The first-order valence-corrected chi connectivity index (χ1v) is 4.53. The topological polar surface area (TPSA) is 29.5 Å². The van der Waals surface area contributed by atoms with E-state index >= 15 is 0 Å². The van der Waals surface area contributed by atoms with Crippen molar-refractivity contribution in [3.05, 3.63) is 29.3 Å². The third kappa shape index (κ3) is 1.31. The molecule has 0 aromatic heterocycles. The molecule has 1 N–H and O–H groups in total. The Morgan fingerprint density at radius 2 is 2.31 bits per heavy atom. The number of aliphatic hydroxyl groups is 1. The van der Waals surface area contributed by atoms with Crippen LogP contribution >= 0.6 is 0 Å². The van der Waals surface area contributed by atoms with Gasteiger partial charge in [-0.3, -0.25) is 0 Å². The van der Waals surface area contributed by atoms with Crippen LogP contribution in [0.1, 0.15) is 18.1 Å². The lowest BCUT2D eigenvalue weighted by Gasteiger charge is -2.20. The molecule has 70 valence electrons. The van der Waals surface area contributed by atoms with Crippen molar-refractivity contribution in [2.45, 2.75) is 25.9 Å². The van der Waals surface area contributed by atoms with Gasteiger partial charge in [0.05, 0.1) is 6.61 Å². The van der Waals surface area contributed by atoms with Gasteiger partial charge in [-0.1, -0.05) is 18.2 Å². The first-order valence-electron chi connectivity index (χ1n) is 4.53. The van der Waals surface area contributed by atoms with Crippen LogP contribution in [0.2, 0.25) is 0 Å². The van der Waals surface area contributed by atoms with Crippen molar-refractivity contribution in [1.82, 2.24) is 0 Å². The molecule has 1 aliphatic heterocycles. The molecule has 1 atom stereocenters. The minimum atomic E-state index is -0.408. The fourth-order valence-electron chi connectivity index (χ4n) is 1.77. The first kappa shape index (κ1) is 8.57. The molecule has 0 radical (unpaired) electrons. The lowest BCUT2D eigenvalue weighted by molar-refractivity contribution is 0.0442. The summed E-state index contributed by atoms with van der Waals surface area (Å²) in [6, 6.07) is 6.12. The molecule has 0 saturated carbocycles. The highest BCUT2D eigenvalue weighted by molar-refractivity contribution is 5.45. The fourth-order valence-corrected chi connectivity index (χ4v) is 1.77. The summed E-state index contributed by atoms with van der Waals surface area (Å²) in [5, 5.41) is 9.16. The normalized spacial score (nSPS) is 25.5. The molecule has 13 heavy (non-hydrogen) atoms. The highest BCUT2D eigenvalue weighted by Crippen LogP contribution is 2.36. The van der Waals surface area contributed by atoms with Crippen molar-refractivity contribution < 1.29 is 9.84 Å². The molecule has 1 aromatic carbocycles. The van der Waals surface area contributed by atoms with E-state index in [0.29, 0.717) is 0 Å². The van der Waals surface area contributed by atoms with E-state index in [9.17, 15) is 0 Å². The molecular weight excluding hydrogens is 164 g/mol. The predicted octanol–water partition coefficient (Wildman–Crippen LogP) is 1.68. The van der Waals surface area contributed by atoms with Gasteiger partial charge in [-0.15, -0.1) is 0 Å². The summed E-state index contributed by atoms with van der Waals surface area (Å²) in [6.07, 6.45) is 0.806. The van der Waals surface area contributed by atoms with Crippen molar-refractivity contribution in [2.75, 3.05) is 6.61 Å². The van der Waals surface area contributed by atoms with Crippen LogP contribution in [-0.2, 0) is 6.42 Å². The number of aryl methyl sites for hydroxylation is 1. The zero-order valence-corrected chi connectivity index (χ0v) is 8.00. The summed E-state index contributed by atoms with van der Waals surface area (Å²) in [4.78, 5) is 0. The summed E-state index contributed by atoms with van der Waals surface area (Å²) >= 11 is 0. The molecule has 2 heteroatoms. The van der Waals surface area contributed by atoms with Crippen molar-refractivity contribution >= 4 is 0 Å². The number of aliphatic hydroxyl groups excluding tert-OH is 1. The van der Waals surface area contributed by atoms with Gasteiger partial charge in [0.2, 0.25) is 0 Å². The standard InChI is InChI=1S/C11H14O2/c1-8-4-3-5-9-6-11(2,7-12)13-10(8)9/h3-5,12H,6-7H2,1-2H3. The molecule has 2 nitrogen and oxygen atoms in total. The van der Waals surface area contributed by atoms with Gasteiger partial charge in [-0.25, -0.2) is 0 Å². The van der Waals surface area contributed by atoms with Crippen molar-refractivity contribution in [2.24, 2.45) is 0 Å². The van der Waals surface area contributed by atoms with Crippen molar-refractivity contribution in [1.29, 1.82) is 0 Å². The smallest absolute Gasteiger partial charge is 0.133 e. The van der Waals surface area contributed by atoms with Crippen LogP contribution in [0.15, 0.2) is 18.2 Å². The molecule has 0 aliphatic carbocycles. The number of hydrogen-bond acceptors (Lipinski definition) is 2. The van der Waals surface area contributed by atoms with E-state index in [2.05, 4.69) is 6.07 Å². The van der Waals surface area contributed by atoms with Gasteiger partial charge in [-0.05, 0) is 25.0 Å². The Bertz CT molecular complexity index is 333. The van der Waals surface area contributed by atoms with E-state index < -0.39 is 5.60 Å². The number of ether oxygens (including phenoxy) is 1. The molecule has 1 aromatic rings. The molecule has 0 fully saturated rings. The number of fused-ring (bicyclic) bond motifs is 1. The van der Waals surface area contributed by atoms with Gasteiger partial charge >= 0.3 is 0 Å². The van der Waals surface area contributed by atoms with E-state index in [1.807, 2.05) is 26.0 Å². The summed E-state index contributed by atoms with van der Waals surface area (Å²) in [5.41, 5.74) is 1.94. The van der Waals surface area contributed by atoms with Crippen molar-refractivity contribution in [3.63, 3.8) is 0 Å². The van der Waals surface area contributed by atoms with Crippen molar-refractivity contribution in [3.8, 4) is 5.75 Å². The average molecular weight is 178 g/mol. The minimum absolute atomic E-state index is 0.0706. The van der Waals surface area contributed by atoms with Crippen LogP contribution in [0.5, 0.6) is 5.75 Å². The summed E-state index contributed by atoms with van der Waals surface area (Å²) in [6.45, 7) is 4.04. The zero-order chi connectivity index (χ0) is 9.47. The van der Waals surface area contributed by atoms with Gasteiger partial charge in [-0.2, -0.15) is 0 Å². The second-order valence-electron chi connectivity index (χ2n) is 3.95. The van der Waals surface area contributed by atoms with Crippen LogP contribution < -0.4 is 4.74 Å². The highest BCUT2D eigenvalue weighted by Gasteiger charge is 2.34. The zero-order valence-electron chi connectivity index (χ0n) is 8.00. The maximum atomic E-state index is 9.16. The van der Waals surface area contributed by atoms with Crippen LogP contribution in [0.3, 0.4) is 0 Å². The molecule has 2 rings (SSSR count). The van der Waals surface area contributed by atoms with Gasteiger partial charge in [0, 0.05) is 6.42 Å². The van der Waals surface area contributed by atoms with E-state index in [4.69, 9.17) is 9.84 Å². The Hall–Kier alpha value is -1.02. The van der Waals surface area contributed by atoms with Gasteiger partial charge in [0.1, 0.15) is 11.4 Å². The van der Waals surface area contributed by atoms with E-state index in [1.165, 1.54) is 5.56 Å². The Kier molecular flexibility index (Phi) is 1.81. The minimum Gasteiger partial charge on any atom is -0.484 e. The molecule has 0 saturated heterocycles. The number of hydrogen-bond donors (Lipinski definition) is 1. The number of benzene rings is 1. The molecule has 0 spiro atoms. The maximum absolute atomic E-state index is 9.16. The lowest BCUT2D eigenvalue weighted by Crippen LogP contribution is -2.34. The molecule has 0 bridgehead atoms. The summed E-state index contributed by atoms with van der Waals surface area (Å²) in [7, 11) is 0. The Morgan fingerprint density at radius 3 is 2.92 bits per heavy atom. The van der Waals surface area contributed by atoms with Crippen LogP contribution in [0, 0.1) is 6.92 Å². The Labute approximate surface area is 78.2 Å². The Morgan fingerprint density at radius 1 is 1.54 bits per heavy atom. The van der Waals surface area contributed by atoms with Gasteiger partial charge in [0.25, 0.3) is 0 Å². The van der Waals surface area contributed by atoms with E-state index in [0.717, 1.165) is 17.7 Å². The van der Waals surface area contributed by atoms with Crippen LogP contribution in [0.4, 0.5) is 0 Å². The van der Waals surface area contributed by atoms with E-state index in [1.54, 1.807) is 0 Å². The quantitative estimate of drug-likeness (QED) is 0.709. The first-order chi connectivity index (χ1) is 6.14. The van der Waals surface area contributed by atoms with Crippen LogP contribution in [-0.4, -0.2) is 17.3 Å². The largest absolute Gasteiger partial charge is 0.484 e. The summed E-state index contributed by atoms with van der Waals surface area (Å²) < 4.78 is 5.72. The lowest BCUT2D eigenvalue weighted by atomic mass is 10.00. The molecular formula is C11H14O2. The third-order valence-corrected chi connectivity index (χ3v) is 2.54. The average Bonchev–Trinajstić information content (AvgIpc) is 2.45. The second-order valence-corrected chi connectivity index (χ2v) is 3.95. The maximum Gasteiger partial charge on any atom is 0.133 e.